The summed E-state index contributed by atoms with van der Waals surface area (Å²) >= 11 is 0. The molecule has 1 saturated heterocycles. The Labute approximate surface area is 680 Å². The van der Waals surface area contributed by atoms with Crippen molar-refractivity contribution in [3.8, 4) is 134 Å². The zero-order valence-corrected chi connectivity index (χ0v) is 66.2. The highest BCUT2D eigenvalue weighted by molar-refractivity contribution is 6.45. The van der Waals surface area contributed by atoms with Crippen molar-refractivity contribution < 1.29 is 105 Å². The maximum absolute atomic E-state index is 18.3. The first-order valence-electron chi connectivity index (χ1n) is 43.5. The monoisotopic (exact) mass is 1600 g/mol. The van der Waals surface area contributed by atoms with E-state index in [1.807, 2.05) is 0 Å². The van der Waals surface area contributed by atoms with Gasteiger partial charge in [0.05, 0.1) is 134 Å². The predicted octanol–water partition coefficient (Wildman–Crippen LogP) is 8.57. The highest BCUT2D eigenvalue weighted by atomic mass is 16.6. The van der Waals surface area contributed by atoms with Gasteiger partial charge in [-0.15, -0.1) is 0 Å². The molecule has 1 heterocycles. The number of hydrogen-bond acceptors (Lipinski definition) is 23. The minimum atomic E-state index is -2.53. The largest absolute Gasteiger partial charge is 0.468 e. The van der Waals surface area contributed by atoms with Crippen molar-refractivity contribution in [2.45, 2.75) is 134 Å². The van der Waals surface area contributed by atoms with E-state index in [0.29, 0.717) is 245 Å². The molecular weight excluding hydrogens is 1540 g/mol. The number of methoxy groups -OCH3 is 1. The Bertz CT molecular complexity index is 6960. The Hall–Kier alpha value is -12.1. The molecule has 4 atom stereocenters. The third-order valence-electron chi connectivity index (χ3n) is 39.7. The number of carbonyl (C=O) groups excluding carboxylic acids is 11. The van der Waals surface area contributed by atoms with Crippen molar-refractivity contribution >= 4 is 65.7 Å². The van der Waals surface area contributed by atoms with Gasteiger partial charge in [0, 0.05) is 0 Å². The van der Waals surface area contributed by atoms with Gasteiger partial charge in [-0.25, -0.2) is 0 Å². The molecule has 0 amide bonds. The van der Waals surface area contributed by atoms with Gasteiger partial charge in [0.25, 0.3) is 0 Å². The SMILES string of the molecule is CCOC(=O)C1(C(=O)OCC)C23c4c5c6c7c8c4-c4c2c2c9c%10c4C4%11c%12c%13c%14c%15c(c%12-%10)C%10%12c%16c-%15c%15c%17c%18c%16-c%16c%19c%20c(c-2c%16C9%10C%12(C(=O)OCC)C(=O)OCC)C13c1c-5c2c3c(c1-%20)C1(c5c-3c3c9c(c5-%17)C%155C(C(=O)OCC)(C(=O)OCC)C%145c5c-9c(c-7c(c5-%13)C84C%11(C(=O)OCC)C(=O)OCC)C34N(CC(=O)OC)C624)C(C(=O)OCC)(C(=O)OCC)C%19%181. The van der Waals surface area contributed by atoms with Crippen molar-refractivity contribution in [2.24, 2.45) is 27.1 Å². The van der Waals surface area contributed by atoms with Crippen LogP contribution in [0.15, 0.2) is 0 Å². The predicted molar refractivity (Wildman–Crippen MR) is 406 cm³/mol. The summed E-state index contributed by atoms with van der Waals surface area (Å²) in [6.07, 6.45) is 0. The fraction of sp³-hybridized carbons (Fsp3) is 0.398. The molecule has 30 aliphatic rings. The normalized spacial score (nSPS) is 35.0. The summed E-state index contributed by atoms with van der Waals surface area (Å²) in [5.74, 6) is -9.27. The molecule has 0 aromatic heterocycles. The molecule has 8 aromatic rings. The van der Waals surface area contributed by atoms with Crippen LogP contribution in [0.1, 0.15) is 203 Å². The molecule has 23 nitrogen and oxygen atoms in total. The number of esters is 11. The molecule has 1 aliphatic heterocycles. The van der Waals surface area contributed by atoms with E-state index >= 15 is 52.7 Å². The molecule has 8 aromatic carbocycles. The topological polar surface area (TPSA) is 292 Å². The van der Waals surface area contributed by atoms with Crippen LogP contribution in [0.3, 0.4) is 0 Å². The van der Waals surface area contributed by atoms with Gasteiger partial charge in [-0.05, 0) is 336 Å². The van der Waals surface area contributed by atoms with Crippen LogP contribution in [0.5, 0.6) is 0 Å². The number of carbonyl (C=O) groups is 11. The van der Waals surface area contributed by atoms with E-state index in [-0.39, 0.29) is 72.6 Å². The lowest BCUT2D eigenvalue weighted by Crippen LogP contribution is -2.40. The number of nitrogens with zero attached hydrogens (tertiary/aromatic N) is 1. The molecule has 121 heavy (non-hydrogen) atoms. The van der Waals surface area contributed by atoms with Gasteiger partial charge in [-0.2, -0.15) is 0 Å². The second-order valence-electron chi connectivity index (χ2n) is 39.0. The molecule has 584 valence electrons. The zero-order chi connectivity index (χ0) is 80.7. The van der Waals surface area contributed by atoms with E-state index in [1.165, 1.54) is 7.11 Å². The van der Waals surface area contributed by atoms with Crippen LogP contribution in [0, 0.1) is 27.1 Å². The van der Waals surface area contributed by atoms with E-state index in [4.69, 9.17) is 52.1 Å². The number of rotatable bonds is 22. The van der Waals surface area contributed by atoms with Gasteiger partial charge in [0.2, 0.25) is 0 Å². The van der Waals surface area contributed by atoms with Crippen LogP contribution in [-0.4, -0.2) is 150 Å². The highest BCUT2D eigenvalue weighted by Gasteiger charge is 3.17. The number of hydrogen-bond donors (Lipinski definition) is 0. The van der Waals surface area contributed by atoms with Gasteiger partial charge >= 0.3 is 65.7 Å². The maximum Gasteiger partial charge on any atom is 0.326 e. The van der Waals surface area contributed by atoms with E-state index in [9.17, 15) is 0 Å². The molecule has 12 spiro atoms. The molecule has 0 N–H and O–H groups in total. The van der Waals surface area contributed by atoms with E-state index < -0.39 is 158 Å². The smallest absolute Gasteiger partial charge is 0.326 e. The lowest BCUT2D eigenvalue weighted by molar-refractivity contribution is -0.167. The average molecular weight is 1600 g/mol. The molecule has 5 saturated carbocycles. The first-order chi connectivity index (χ1) is 58.8. The van der Waals surface area contributed by atoms with Crippen LogP contribution >= 0.6 is 0 Å². The second kappa shape index (κ2) is 14.5. The molecule has 23 heteroatoms. The zero-order valence-electron chi connectivity index (χ0n) is 66.2. The summed E-state index contributed by atoms with van der Waals surface area (Å²) in [6, 6.07) is 0. The first-order valence-corrected chi connectivity index (χ1v) is 43.5. The molecule has 0 bridgehead atoms. The van der Waals surface area contributed by atoms with Crippen molar-refractivity contribution in [2.75, 3.05) is 79.7 Å². The van der Waals surface area contributed by atoms with E-state index in [2.05, 4.69) is 4.90 Å². The summed E-state index contributed by atoms with van der Waals surface area (Å²) in [5.41, 5.74) is -6.79. The summed E-state index contributed by atoms with van der Waals surface area (Å²) < 4.78 is 75.2. The molecule has 38 rings (SSSR count). The second-order valence-corrected chi connectivity index (χ2v) is 39.0. The molecule has 6 fully saturated rings. The lowest BCUT2D eigenvalue weighted by Gasteiger charge is -2.37. The third-order valence-corrected chi connectivity index (χ3v) is 39.7. The minimum absolute atomic E-state index is 0.200. The summed E-state index contributed by atoms with van der Waals surface area (Å²) in [5, 5.41) is 0. The van der Waals surface area contributed by atoms with Crippen LogP contribution in [0.4, 0.5) is 0 Å². The average Bonchev–Trinajstić information content (AvgIpc) is 1.31. The van der Waals surface area contributed by atoms with E-state index in [1.54, 1.807) is 69.2 Å². The van der Waals surface area contributed by atoms with Crippen molar-refractivity contribution in [3.05, 3.63) is 134 Å². The maximum atomic E-state index is 18.3. The third kappa shape index (κ3) is 3.23. The molecule has 4 unspecified atom stereocenters. The first kappa shape index (κ1) is 60.4. The Morgan fingerprint density at radius 3 is 0.397 bits per heavy atom. The number of ether oxygens (including phenoxy) is 11. The molecular formula is C98H55NO22. The van der Waals surface area contributed by atoms with Crippen molar-refractivity contribution in [1.82, 2.24) is 4.90 Å². The summed E-state index contributed by atoms with van der Waals surface area (Å²) in [4.78, 5) is 200. The fourth-order valence-corrected chi connectivity index (χ4v) is 40.7. The summed E-state index contributed by atoms with van der Waals surface area (Å²) in [6.45, 7) is 14.8. The number of benzene rings is 8. The minimum Gasteiger partial charge on any atom is -0.468 e. The van der Waals surface area contributed by atoms with Gasteiger partial charge in [-0.3, -0.25) is 57.6 Å². The van der Waals surface area contributed by atoms with Crippen molar-refractivity contribution in [3.63, 3.8) is 0 Å². The Kier molecular flexibility index (Phi) is 7.22. The standard InChI is InChI=1S/C98H55NO22/c1-12-112-72(101)92(73(102)113-13-2)82-48-24-25-49-29-31-51(83(49,82)92)27-26-50(82)30-28(48)56-32-36-60-40-42-62-38-34(58(30)88(62)86(56,60)95(88,78(107)118-18-7)79(108)119-19-8)54(26)85-55(27)35-39-63-43-41-61-37-33(57(29)87(61)89(63,59(31)35)96(87,80(109)120-20-9)81(110)121-21-10)53(25)84(52(24)32)90(93(84,74(103)114-14-3)75(104)115-15-4)64(36)44-45(65(37)90)69(41)98-71(43)47-46(70(42)97(98,68(40)44)99(98)22-23(100)111-11)66(38)91(85,67(39)47)94(85,76(105)116-16-5)77(106)117-17-6/h12-22H2,1-11H3. The molecule has 29 aliphatic carbocycles. The Morgan fingerprint density at radius 1 is 0.190 bits per heavy atom. The summed E-state index contributed by atoms with van der Waals surface area (Å²) in [7, 11) is 1.38. The lowest BCUT2D eigenvalue weighted by atomic mass is 9.63. The Balaban J connectivity index is 0.926. The van der Waals surface area contributed by atoms with Gasteiger partial charge in [-0.1, -0.05) is 0 Å². The van der Waals surface area contributed by atoms with Gasteiger partial charge in [0.15, 0.2) is 27.1 Å². The van der Waals surface area contributed by atoms with Gasteiger partial charge in [0.1, 0.15) is 11.1 Å². The highest BCUT2D eigenvalue weighted by Crippen LogP contribution is 3.15. The van der Waals surface area contributed by atoms with Crippen LogP contribution in [0.2, 0.25) is 0 Å². The van der Waals surface area contributed by atoms with Gasteiger partial charge < -0.3 is 52.1 Å². The fourth-order valence-electron chi connectivity index (χ4n) is 40.7. The van der Waals surface area contributed by atoms with Crippen molar-refractivity contribution in [1.29, 1.82) is 0 Å². The quantitative estimate of drug-likeness (QED) is 0.0265. The van der Waals surface area contributed by atoms with Crippen LogP contribution < -0.4 is 0 Å². The van der Waals surface area contributed by atoms with E-state index in [0.717, 1.165) is 22.3 Å². The molecule has 0 radical (unpaired) electrons. The Morgan fingerprint density at radius 2 is 0.298 bits per heavy atom. The van der Waals surface area contributed by atoms with Crippen LogP contribution in [-0.2, 0) is 170 Å². The van der Waals surface area contributed by atoms with Crippen LogP contribution in [0.25, 0.3) is 134 Å².